The number of aromatic amines is 1. The van der Waals surface area contributed by atoms with Gasteiger partial charge in [0.25, 0.3) is 0 Å². The van der Waals surface area contributed by atoms with Crippen LogP contribution in [0.1, 0.15) is 11.4 Å². The second-order valence-electron chi connectivity index (χ2n) is 3.75. The van der Waals surface area contributed by atoms with Crippen molar-refractivity contribution in [2.75, 3.05) is 0 Å². The lowest BCUT2D eigenvalue weighted by molar-refractivity contribution is -0.141. The smallest absolute Gasteiger partial charge is 0.349 e. The van der Waals surface area contributed by atoms with Crippen LogP contribution in [0, 0.1) is 0 Å². The second kappa shape index (κ2) is 5.12. The molecule has 2 aromatic rings. The standard InChI is InChI=1S/C10H10F3N5O/c11-10(12,13)8-2-4-18(17-8)6-9(19)14-5-7-1-3-15-16-7/h1-4H,5-6H2,(H,14,19)(H,15,16). The number of alkyl halides is 3. The number of H-pyrrole nitrogens is 1. The zero-order chi connectivity index (χ0) is 13.9. The number of amides is 1. The Labute approximate surface area is 105 Å². The minimum Gasteiger partial charge on any atom is -0.349 e. The third kappa shape index (κ3) is 3.57. The lowest BCUT2D eigenvalue weighted by atomic mass is 10.4. The lowest BCUT2D eigenvalue weighted by Gasteiger charge is -2.04. The van der Waals surface area contributed by atoms with Crippen LogP contribution >= 0.6 is 0 Å². The Morgan fingerprint density at radius 2 is 2.21 bits per heavy atom. The Hall–Kier alpha value is -2.32. The van der Waals surface area contributed by atoms with Gasteiger partial charge in [-0.05, 0) is 12.1 Å². The summed E-state index contributed by atoms with van der Waals surface area (Å²) >= 11 is 0. The number of nitrogens with zero attached hydrogens (tertiary/aromatic N) is 3. The molecule has 1 amide bonds. The number of halogens is 3. The summed E-state index contributed by atoms with van der Waals surface area (Å²) in [5.74, 6) is -0.438. The highest BCUT2D eigenvalue weighted by molar-refractivity contribution is 5.75. The molecule has 102 valence electrons. The van der Waals surface area contributed by atoms with E-state index in [1.54, 1.807) is 6.07 Å². The van der Waals surface area contributed by atoms with Crippen molar-refractivity contribution in [1.29, 1.82) is 0 Å². The van der Waals surface area contributed by atoms with Crippen molar-refractivity contribution in [3.63, 3.8) is 0 Å². The van der Waals surface area contributed by atoms with Crippen molar-refractivity contribution in [1.82, 2.24) is 25.3 Å². The molecule has 0 spiro atoms. The largest absolute Gasteiger partial charge is 0.435 e. The van der Waals surface area contributed by atoms with Gasteiger partial charge in [0, 0.05) is 12.4 Å². The Morgan fingerprint density at radius 3 is 2.79 bits per heavy atom. The van der Waals surface area contributed by atoms with Crippen LogP contribution in [0.4, 0.5) is 13.2 Å². The van der Waals surface area contributed by atoms with Gasteiger partial charge in [-0.15, -0.1) is 0 Å². The van der Waals surface area contributed by atoms with Gasteiger partial charge in [-0.1, -0.05) is 0 Å². The highest BCUT2D eigenvalue weighted by atomic mass is 19.4. The number of aromatic nitrogens is 4. The van der Waals surface area contributed by atoms with Crippen LogP contribution in [-0.2, 0) is 24.1 Å². The molecule has 0 atom stereocenters. The maximum Gasteiger partial charge on any atom is 0.435 e. The molecule has 2 N–H and O–H groups in total. The molecule has 0 unspecified atom stereocenters. The van der Waals surface area contributed by atoms with Crippen molar-refractivity contribution in [2.45, 2.75) is 19.3 Å². The van der Waals surface area contributed by atoms with Gasteiger partial charge in [0.05, 0.1) is 12.2 Å². The summed E-state index contributed by atoms with van der Waals surface area (Å²) in [5.41, 5.74) is -0.321. The molecule has 19 heavy (non-hydrogen) atoms. The predicted octanol–water partition coefficient (Wildman–Crippen LogP) is 0.941. The van der Waals surface area contributed by atoms with Crippen LogP contribution in [0.5, 0.6) is 0 Å². The molecular formula is C10H10F3N5O. The molecule has 2 aromatic heterocycles. The molecule has 0 aliphatic carbocycles. The lowest BCUT2D eigenvalue weighted by Crippen LogP contribution is -2.27. The number of hydrogen-bond acceptors (Lipinski definition) is 3. The fourth-order valence-corrected chi connectivity index (χ4v) is 1.38. The van der Waals surface area contributed by atoms with E-state index in [9.17, 15) is 18.0 Å². The third-order valence-corrected chi connectivity index (χ3v) is 2.27. The average molecular weight is 273 g/mol. The summed E-state index contributed by atoms with van der Waals surface area (Å²) in [6.07, 6.45) is -1.86. The zero-order valence-corrected chi connectivity index (χ0v) is 9.61. The molecule has 9 heteroatoms. The van der Waals surface area contributed by atoms with E-state index in [2.05, 4.69) is 20.6 Å². The quantitative estimate of drug-likeness (QED) is 0.870. The first-order valence-electron chi connectivity index (χ1n) is 5.31. The topological polar surface area (TPSA) is 75.6 Å². The van der Waals surface area contributed by atoms with Crippen LogP contribution in [0.15, 0.2) is 24.5 Å². The first-order chi connectivity index (χ1) is 8.95. The first kappa shape index (κ1) is 13.1. The molecule has 0 aromatic carbocycles. The Bertz CT molecular complexity index is 546. The number of carbonyl (C=O) groups is 1. The molecule has 0 aliphatic heterocycles. The van der Waals surface area contributed by atoms with E-state index >= 15 is 0 Å². The average Bonchev–Trinajstić information content (AvgIpc) is 2.95. The van der Waals surface area contributed by atoms with Gasteiger partial charge in [-0.25, -0.2) is 0 Å². The molecule has 0 radical (unpaired) electrons. The Balaban J connectivity index is 1.87. The van der Waals surface area contributed by atoms with Crippen molar-refractivity contribution < 1.29 is 18.0 Å². The van der Waals surface area contributed by atoms with Gasteiger partial charge >= 0.3 is 6.18 Å². The summed E-state index contributed by atoms with van der Waals surface area (Å²) in [4.78, 5) is 11.5. The molecule has 2 heterocycles. The van der Waals surface area contributed by atoms with Crippen molar-refractivity contribution >= 4 is 5.91 Å². The fraction of sp³-hybridized carbons (Fsp3) is 0.300. The van der Waals surface area contributed by atoms with Crippen molar-refractivity contribution in [2.24, 2.45) is 0 Å². The van der Waals surface area contributed by atoms with E-state index in [1.165, 1.54) is 6.20 Å². The predicted molar refractivity (Wildman–Crippen MR) is 57.7 cm³/mol. The summed E-state index contributed by atoms with van der Waals surface area (Å²) in [6, 6.07) is 2.50. The van der Waals surface area contributed by atoms with Crippen LogP contribution in [0.3, 0.4) is 0 Å². The fourth-order valence-electron chi connectivity index (χ4n) is 1.38. The molecule has 0 saturated carbocycles. The van der Waals surface area contributed by atoms with E-state index in [0.29, 0.717) is 5.69 Å². The van der Waals surface area contributed by atoms with Gasteiger partial charge < -0.3 is 5.32 Å². The molecule has 0 aliphatic rings. The van der Waals surface area contributed by atoms with E-state index in [0.717, 1.165) is 16.9 Å². The zero-order valence-electron chi connectivity index (χ0n) is 9.61. The van der Waals surface area contributed by atoms with Gasteiger partial charge in [0.2, 0.25) is 5.91 Å². The van der Waals surface area contributed by atoms with E-state index < -0.39 is 17.8 Å². The normalized spacial score (nSPS) is 11.5. The van der Waals surface area contributed by atoms with Crippen LogP contribution in [0.2, 0.25) is 0 Å². The molecule has 6 nitrogen and oxygen atoms in total. The monoisotopic (exact) mass is 273 g/mol. The highest BCUT2D eigenvalue weighted by Gasteiger charge is 2.33. The number of rotatable bonds is 4. The summed E-state index contributed by atoms with van der Waals surface area (Å²) in [5, 5.41) is 12.1. The van der Waals surface area contributed by atoms with Crippen molar-refractivity contribution in [3.05, 3.63) is 35.9 Å². The number of hydrogen-bond donors (Lipinski definition) is 2. The molecular weight excluding hydrogens is 263 g/mol. The van der Waals surface area contributed by atoms with Crippen molar-refractivity contribution in [3.8, 4) is 0 Å². The first-order valence-corrected chi connectivity index (χ1v) is 5.31. The maximum absolute atomic E-state index is 12.3. The summed E-state index contributed by atoms with van der Waals surface area (Å²) < 4.78 is 37.8. The van der Waals surface area contributed by atoms with E-state index in [4.69, 9.17) is 0 Å². The van der Waals surface area contributed by atoms with Crippen LogP contribution in [0.25, 0.3) is 0 Å². The van der Waals surface area contributed by atoms with Gasteiger partial charge in [0.1, 0.15) is 6.54 Å². The minimum absolute atomic E-state index is 0.228. The Morgan fingerprint density at radius 1 is 1.42 bits per heavy atom. The van der Waals surface area contributed by atoms with Gasteiger partial charge in [-0.2, -0.15) is 23.4 Å². The molecule has 0 saturated heterocycles. The van der Waals surface area contributed by atoms with E-state index in [-0.39, 0.29) is 13.1 Å². The van der Waals surface area contributed by atoms with Crippen LogP contribution in [-0.4, -0.2) is 25.9 Å². The highest BCUT2D eigenvalue weighted by Crippen LogP contribution is 2.27. The molecule has 2 rings (SSSR count). The molecule has 0 bridgehead atoms. The third-order valence-electron chi connectivity index (χ3n) is 2.27. The minimum atomic E-state index is -4.50. The van der Waals surface area contributed by atoms with E-state index in [1.807, 2.05) is 0 Å². The number of nitrogens with one attached hydrogen (secondary N) is 2. The summed E-state index contributed by atoms with van der Waals surface area (Å²) in [6.45, 7) is -0.0452. The number of carbonyl (C=O) groups excluding carboxylic acids is 1. The SMILES string of the molecule is O=C(Cn1ccc(C(F)(F)F)n1)NCc1ccn[nH]1. The maximum atomic E-state index is 12.3. The van der Waals surface area contributed by atoms with Crippen LogP contribution < -0.4 is 5.32 Å². The second-order valence-corrected chi connectivity index (χ2v) is 3.75. The van der Waals surface area contributed by atoms with Gasteiger partial charge in [-0.3, -0.25) is 14.6 Å². The Kier molecular flexibility index (Phi) is 3.54. The molecule has 0 fully saturated rings. The van der Waals surface area contributed by atoms with Gasteiger partial charge in [0.15, 0.2) is 5.69 Å². The summed E-state index contributed by atoms with van der Waals surface area (Å²) in [7, 11) is 0.